The van der Waals surface area contributed by atoms with Gasteiger partial charge in [-0.15, -0.1) is 10.2 Å². The molecule has 2 heterocycles. The first kappa shape index (κ1) is 15.9. The summed E-state index contributed by atoms with van der Waals surface area (Å²) < 4.78 is 2.21. The molecule has 25 heavy (non-hydrogen) atoms. The van der Waals surface area contributed by atoms with Gasteiger partial charge in [0.15, 0.2) is 11.6 Å². The maximum atomic E-state index is 8.98. The second-order valence-corrected chi connectivity index (χ2v) is 7.52. The Balaban J connectivity index is 1.83. The van der Waals surface area contributed by atoms with Gasteiger partial charge in [0.25, 0.3) is 0 Å². The van der Waals surface area contributed by atoms with Crippen molar-refractivity contribution >= 4 is 12.6 Å². The van der Waals surface area contributed by atoms with Crippen molar-refractivity contribution in [3.05, 3.63) is 71.0 Å². The van der Waals surface area contributed by atoms with Gasteiger partial charge in [0.05, 0.1) is 16.9 Å². The molecule has 0 fully saturated rings. The van der Waals surface area contributed by atoms with Gasteiger partial charge in [-0.1, -0.05) is 36.4 Å². The number of thiol groups is 1. The fraction of sp³-hybridized carbons (Fsp3) is 0.250. The molecule has 4 nitrogen and oxygen atoms in total. The molecule has 5 heteroatoms. The lowest BCUT2D eigenvalue weighted by atomic mass is 9.87. The van der Waals surface area contributed by atoms with Gasteiger partial charge in [-0.3, -0.25) is 0 Å². The Morgan fingerprint density at radius 1 is 1.12 bits per heavy atom. The van der Waals surface area contributed by atoms with Crippen LogP contribution in [-0.4, -0.2) is 14.8 Å². The van der Waals surface area contributed by atoms with E-state index in [4.69, 9.17) is 17.9 Å². The topological polar surface area (TPSA) is 54.5 Å². The molecule has 1 aromatic heterocycles. The maximum Gasteiger partial charge on any atom is 0.164 e. The minimum Gasteiger partial charge on any atom is -0.304 e. The first-order chi connectivity index (χ1) is 12.0. The largest absolute Gasteiger partial charge is 0.304 e. The Morgan fingerprint density at radius 3 is 2.56 bits per heavy atom. The van der Waals surface area contributed by atoms with Gasteiger partial charge in [0, 0.05) is 11.1 Å². The van der Waals surface area contributed by atoms with Gasteiger partial charge in [0.1, 0.15) is 0 Å². The van der Waals surface area contributed by atoms with E-state index in [9.17, 15) is 0 Å². The molecule has 0 bridgehead atoms. The number of rotatable bonds is 2. The van der Waals surface area contributed by atoms with Crippen LogP contribution in [0, 0.1) is 11.3 Å². The summed E-state index contributed by atoms with van der Waals surface area (Å²) >= 11 is 4.81. The van der Waals surface area contributed by atoms with E-state index in [2.05, 4.69) is 52.9 Å². The van der Waals surface area contributed by atoms with Gasteiger partial charge < -0.3 is 4.57 Å². The van der Waals surface area contributed by atoms with Crippen LogP contribution in [0.15, 0.2) is 48.5 Å². The van der Waals surface area contributed by atoms with Crippen molar-refractivity contribution in [2.24, 2.45) is 0 Å². The third-order valence-corrected chi connectivity index (χ3v) is 5.30. The van der Waals surface area contributed by atoms with Gasteiger partial charge in [0.2, 0.25) is 0 Å². The number of aromatic nitrogens is 3. The summed E-state index contributed by atoms with van der Waals surface area (Å²) in [6.45, 7) is 4.41. The van der Waals surface area contributed by atoms with E-state index in [1.807, 2.05) is 30.3 Å². The summed E-state index contributed by atoms with van der Waals surface area (Å²) in [6, 6.07) is 18.0. The lowest BCUT2D eigenvalue weighted by Crippen LogP contribution is -2.35. The highest BCUT2D eigenvalue weighted by molar-refractivity contribution is 7.80. The van der Waals surface area contributed by atoms with E-state index in [0.717, 1.165) is 29.2 Å². The molecule has 0 aliphatic carbocycles. The summed E-state index contributed by atoms with van der Waals surface area (Å²) in [4.78, 5) is 0. The Labute approximate surface area is 152 Å². The molecule has 1 aliphatic heterocycles. The van der Waals surface area contributed by atoms with Crippen LogP contribution in [0.4, 0.5) is 0 Å². The van der Waals surface area contributed by atoms with Crippen molar-refractivity contribution in [2.45, 2.75) is 31.1 Å². The molecular formula is C20H18N4S. The fourth-order valence-corrected chi connectivity index (χ4v) is 3.91. The fourth-order valence-electron chi connectivity index (χ4n) is 3.57. The molecule has 2 aromatic carbocycles. The first-order valence-corrected chi connectivity index (χ1v) is 8.75. The van der Waals surface area contributed by atoms with Crippen molar-refractivity contribution in [2.75, 3.05) is 0 Å². The van der Waals surface area contributed by atoms with Gasteiger partial charge >= 0.3 is 0 Å². The molecule has 0 amide bonds. The predicted molar refractivity (Wildman–Crippen MR) is 100 cm³/mol. The van der Waals surface area contributed by atoms with Crippen LogP contribution in [0.3, 0.4) is 0 Å². The Morgan fingerprint density at radius 2 is 1.84 bits per heavy atom. The number of nitrogens with zero attached hydrogens (tertiary/aromatic N) is 4. The van der Waals surface area contributed by atoms with Crippen LogP contribution in [0.25, 0.3) is 11.4 Å². The zero-order valence-corrected chi connectivity index (χ0v) is 15.0. The highest BCUT2D eigenvalue weighted by Gasteiger charge is 2.35. The molecule has 0 spiro atoms. The van der Waals surface area contributed by atoms with Gasteiger partial charge in [-0.05, 0) is 43.5 Å². The monoisotopic (exact) mass is 346 g/mol. The number of fused-ring (bicyclic) bond motifs is 3. The lowest BCUT2D eigenvalue weighted by molar-refractivity contribution is 0.337. The average Bonchev–Trinajstić information content (AvgIpc) is 3.07. The number of benzene rings is 2. The predicted octanol–water partition coefficient (Wildman–Crippen LogP) is 4.13. The highest BCUT2D eigenvalue weighted by atomic mass is 32.1. The SMILES string of the molecule is CC1(C)Cc2ccccc2-c2nnc(C(S)c3ccc(C#N)cc3)n21. The molecule has 0 saturated carbocycles. The third kappa shape index (κ3) is 2.54. The highest BCUT2D eigenvalue weighted by Crippen LogP contribution is 2.40. The smallest absolute Gasteiger partial charge is 0.164 e. The second kappa shape index (κ2) is 5.75. The number of hydrogen-bond donors (Lipinski definition) is 1. The van der Waals surface area contributed by atoms with E-state index < -0.39 is 0 Å². The van der Waals surface area contributed by atoms with Crippen LogP contribution < -0.4 is 0 Å². The van der Waals surface area contributed by atoms with Gasteiger partial charge in [-0.2, -0.15) is 17.9 Å². The zero-order chi connectivity index (χ0) is 17.6. The summed E-state index contributed by atoms with van der Waals surface area (Å²) in [7, 11) is 0. The summed E-state index contributed by atoms with van der Waals surface area (Å²) in [5.74, 6) is 1.73. The van der Waals surface area contributed by atoms with Crippen molar-refractivity contribution in [3.63, 3.8) is 0 Å². The summed E-state index contributed by atoms with van der Waals surface area (Å²) in [6.07, 6.45) is 0.926. The third-order valence-electron chi connectivity index (χ3n) is 4.77. The van der Waals surface area contributed by atoms with Crippen molar-refractivity contribution in [1.29, 1.82) is 5.26 Å². The summed E-state index contributed by atoms with van der Waals surface area (Å²) in [5.41, 5.74) is 3.96. The van der Waals surface area contributed by atoms with Crippen LogP contribution in [-0.2, 0) is 12.0 Å². The molecule has 0 radical (unpaired) electrons. The Bertz CT molecular complexity index is 980. The molecular weight excluding hydrogens is 328 g/mol. The van der Waals surface area contributed by atoms with Gasteiger partial charge in [-0.25, -0.2) is 0 Å². The number of nitriles is 1. The minimum absolute atomic E-state index is 0.129. The van der Waals surface area contributed by atoms with Crippen LogP contribution in [0.1, 0.15) is 41.6 Å². The van der Waals surface area contributed by atoms with E-state index in [0.29, 0.717) is 5.56 Å². The van der Waals surface area contributed by atoms with Crippen molar-refractivity contribution in [3.8, 4) is 17.5 Å². The van der Waals surface area contributed by atoms with E-state index in [1.54, 1.807) is 0 Å². The van der Waals surface area contributed by atoms with E-state index >= 15 is 0 Å². The summed E-state index contributed by atoms with van der Waals surface area (Å²) in [5, 5.41) is 17.7. The molecule has 0 N–H and O–H groups in total. The minimum atomic E-state index is -0.196. The van der Waals surface area contributed by atoms with Crippen LogP contribution >= 0.6 is 12.6 Å². The molecule has 1 aliphatic rings. The van der Waals surface area contributed by atoms with E-state index in [1.165, 1.54) is 5.56 Å². The maximum absolute atomic E-state index is 8.98. The van der Waals surface area contributed by atoms with Crippen LogP contribution in [0.2, 0.25) is 0 Å². The second-order valence-electron chi connectivity index (χ2n) is 7.00. The Kier molecular flexibility index (Phi) is 3.66. The standard InChI is InChI=1S/C20H18N4S/c1-20(2)11-15-5-3-4-6-16(15)18-22-23-19(24(18)20)17(25)14-9-7-13(12-21)8-10-14/h3-10,17,25H,11H2,1-2H3. The zero-order valence-electron chi connectivity index (χ0n) is 14.1. The molecule has 4 rings (SSSR count). The molecule has 1 atom stereocenters. The number of hydrogen-bond acceptors (Lipinski definition) is 4. The first-order valence-electron chi connectivity index (χ1n) is 8.23. The molecule has 124 valence electrons. The van der Waals surface area contributed by atoms with Crippen molar-refractivity contribution < 1.29 is 0 Å². The lowest BCUT2D eigenvalue weighted by Gasteiger charge is -2.35. The average molecular weight is 346 g/mol. The molecule has 1 unspecified atom stereocenters. The van der Waals surface area contributed by atoms with Crippen molar-refractivity contribution in [1.82, 2.24) is 14.8 Å². The van der Waals surface area contributed by atoms with Crippen LogP contribution in [0.5, 0.6) is 0 Å². The molecule has 0 saturated heterocycles. The molecule has 3 aromatic rings. The van der Waals surface area contributed by atoms with E-state index in [-0.39, 0.29) is 10.8 Å². The normalized spacial score (nSPS) is 15.8. The quantitative estimate of drug-likeness (QED) is 0.710. The Hall–Kier alpha value is -2.58.